The van der Waals surface area contributed by atoms with Gasteiger partial charge < -0.3 is 5.32 Å². The minimum absolute atomic E-state index is 0.360. The van der Waals surface area contributed by atoms with Crippen molar-refractivity contribution in [3.63, 3.8) is 0 Å². The molecule has 1 N–H and O–H groups in total. The van der Waals surface area contributed by atoms with Gasteiger partial charge in [0.2, 0.25) is 0 Å². The molecular formula is C12H21N3O2. The molecule has 0 aromatic heterocycles. The molecule has 0 radical (unpaired) electrons. The van der Waals surface area contributed by atoms with E-state index in [1.165, 1.54) is 31.3 Å². The van der Waals surface area contributed by atoms with Crippen LogP contribution in [0, 0.1) is 4.91 Å². The van der Waals surface area contributed by atoms with Crippen molar-refractivity contribution in [1.29, 1.82) is 0 Å². The van der Waals surface area contributed by atoms with Crippen LogP contribution < -0.4 is 5.32 Å². The molecule has 0 saturated heterocycles. The Hall–Kier alpha value is -1.39. The molecule has 0 unspecified atom stereocenters. The van der Waals surface area contributed by atoms with E-state index >= 15 is 0 Å². The maximum Gasteiger partial charge on any atom is 0.344 e. The lowest BCUT2D eigenvalue weighted by molar-refractivity contribution is 0.203. The van der Waals surface area contributed by atoms with E-state index in [-0.39, 0.29) is 0 Å². The fourth-order valence-electron chi connectivity index (χ4n) is 1.96. The first kappa shape index (κ1) is 13.7. The highest BCUT2D eigenvalue weighted by Gasteiger charge is 2.11. The lowest BCUT2D eigenvalue weighted by atomic mass is 10.1. The van der Waals surface area contributed by atoms with E-state index in [1.807, 2.05) is 6.92 Å². The predicted octanol–water partition coefficient (Wildman–Crippen LogP) is 3.33. The number of allylic oxidation sites excluding steroid dienone is 1. The van der Waals surface area contributed by atoms with Gasteiger partial charge in [0.15, 0.2) is 0 Å². The van der Waals surface area contributed by atoms with Gasteiger partial charge in [-0.2, -0.15) is 5.01 Å². The number of nitrogens with one attached hydrogen (secondary N) is 1. The van der Waals surface area contributed by atoms with Crippen LogP contribution in [0.3, 0.4) is 0 Å². The highest BCUT2D eigenvalue weighted by molar-refractivity contribution is 5.74. The summed E-state index contributed by atoms with van der Waals surface area (Å²) in [6.45, 7) is 2.26. The van der Waals surface area contributed by atoms with Crippen LogP contribution in [0.2, 0.25) is 0 Å². The van der Waals surface area contributed by atoms with Gasteiger partial charge in [0, 0.05) is 12.7 Å². The SMILES string of the molecule is CCCN(N=O)C(=O)NC=C1CCCCCC1. The molecule has 0 atom stereocenters. The zero-order chi connectivity index (χ0) is 12.5. The van der Waals surface area contributed by atoms with Crippen molar-refractivity contribution in [1.82, 2.24) is 10.3 Å². The summed E-state index contributed by atoms with van der Waals surface area (Å²) in [5.74, 6) is 0. The number of carbonyl (C=O) groups is 1. The Labute approximate surface area is 102 Å². The van der Waals surface area contributed by atoms with Gasteiger partial charge in [0.25, 0.3) is 0 Å². The maximum atomic E-state index is 11.6. The minimum Gasteiger partial charge on any atom is -0.313 e. The number of rotatable bonds is 4. The Bertz CT molecular complexity index is 279. The van der Waals surface area contributed by atoms with Crippen molar-refractivity contribution in [3.05, 3.63) is 16.7 Å². The van der Waals surface area contributed by atoms with Gasteiger partial charge in [-0.15, -0.1) is 4.91 Å². The molecule has 1 aliphatic carbocycles. The first-order valence-corrected chi connectivity index (χ1v) is 6.37. The number of amides is 2. The van der Waals surface area contributed by atoms with Crippen LogP contribution in [-0.4, -0.2) is 17.6 Å². The van der Waals surface area contributed by atoms with Gasteiger partial charge in [-0.25, -0.2) is 4.79 Å². The van der Waals surface area contributed by atoms with Gasteiger partial charge in [-0.3, -0.25) is 0 Å². The molecular weight excluding hydrogens is 218 g/mol. The van der Waals surface area contributed by atoms with Crippen LogP contribution in [0.5, 0.6) is 0 Å². The first-order chi connectivity index (χ1) is 8.27. The molecule has 1 fully saturated rings. The molecule has 5 heteroatoms. The summed E-state index contributed by atoms with van der Waals surface area (Å²) < 4.78 is 0. The fourth-order valence-corrected chi connectivity index (χ4v) is 1.96. The molecule has 2 amide bonds. The van der Waals surface area contributed by atoms with Gasteiger partial charge in [0.1, 0.15) is 0 Å². The standard InChI is InChI=1S/C12H21N3O2/c1-2-9-15(14-17)12(16)13-10-11-7-5-3-4-6-8-11/h10H,2-9H2,1H3,(H,13,16). The molecule has 1 rings (SSSR count). The molecule has 0 aromatic rings. The van der Waals surface area contributed by atoms with Gasteiger partial charge >= 0.3 is 6.03 Å². The zero-order valence-corrected chi connectivity index (χ0v) is 10.4. The number of hydrogen-bond acceptors (Lipinski definition) is 3. The Morgan fingerprint density at radius 2 is 2.00 bits per heavy atom. The second-order valence-corrected chi connectivity index (χ2v) is 4.37. The molecule has 96 valence electrons. The monoisotopic (exact) mass is 239 g/mol. The Morgan fingerprint density at radius 1 is 1.35 bits per heavy atom. The van der Waals surface area contributed by atoms with E-state index in [4.69, 9.17) is 0 Å². The van der Waals surface area contributed by atoms with E-state index in [9.17, 15) is 9.70 Å². The second kappa shape index (κ2) is 7.81. The molecule has 1 saturated carbocycles. The van der Waals surface area contributed by atoms with Gasteiger partial charge in [-0.1, -0.05) is 25.3 Å². The van der Waals surface area contributed by atoms with Crippen LogP contribution in [-0.2, 0) is 0 Å². The molecule has 0 heterocycles. The van der Waals surface area contributed by atoms with E-state index < -0.39 is 6.03 Å². The highest BCUT2D eigenvalue weighted by Crippen LogP contribution is 2.21. The van der Waals surface area contributed by atoms with Crippen LogP contribution >= 0.6 is 0 Å². The summed E-state index contributed by atoms with van der Waals surface area (Å²) in [7, 11) is 0. The average molecular weight is 239 g/mol. The minimum atomic E-state index is -0.432. The first-order valence-electron chi connectivity index (χ1n) is 6.37. The summed E-state index contributed by atoms with van der Waals surface area (Å²) in [6, 6.07) is -0.432. The van der Waals surface area contributed by atoms with Crippen LogP contribution in [0.1, 0.15) is 51.9 Å². The third-order valence-electron chi connectivity index (χ3n) is 2.91. The maximum absolute atomic E-state index is 11.6. The molecule has 17 heavy (non-hydrogen) atoms. The lowest BCUT2D eigenvalue weighted by Gasteiger charge is -2.12. The third-order valence-corrected chi connectivity index (χ3v) is 2.91. The van der Waals surface area contributed by atoms with Crippen molar-refractivity contribution in [2.45, 2.75) is 51.9 Å². The van der Waals surface area contributed by atoms with Gasteiger partial charge in [-0.05, 0) is 32.1 Å². The largest absolute Gasteiger partial charge is 0.344 e. The van der Waals surface area contributed by atoms with Crippen molar-refractivity contribution >= 4 is 6.03 Å². The number of carbonyl (C=O) groups excluding carboxylic acids is 1. The molecule has 1 aliphatic rings. The Kier molecular flexibility index (Phi) is 6.29. The summed E-state index contributed by atoms with van der Waals surface area (Å²) in [5, 5.41) is 6.27. The predicted molar refractivity (Wildman–Crippen MR) is 67.1 cm³/mol. The molecule has 0 aliphatic heterocycles. The molecule has 0 bridgehead atoms. The Morgan fingerprint density at radius 3 is 2.53 bits per heavy atom. The smallest absolute Gasteiger partial charge is 0.313 e. The van der Waals surface area contributed by atoms with Gasteiger partial charge in [0.05, 0.1) is 5.29 Å². The number of hydrogen-bond donors (Lipinski definition) is 1. The van der Waals surface area contributed by atoms with Crippen molar-refractivity contribution in [2.75, 3.05) is 6.54 Å². The summed E-state index contributed by atoms with van der Waals surface area (Å²) in [6.07, 6.45) is 9.47. The topological polar surface area (TPSA) is 61.8 Å². The van der Waals surface area contributed by atoms with Crippen LogP contribution in [0.15, 0.2) is 17.1 Å². The number of nitrogens with zero attached hydrogens (tertiary/aromatic N) is 2. The highest BCUT2D eigenvalue weighted by atomic mass is 16.3. The fraction of sp³-hybridized carbons (Fsp3) is 0.750. The summed E-state index contributed by atoms with van der Waals surface area (Å²) >= 11 is 0. The quantitative estimate of drug-likeness (QED) is 0.464. The zero-order valence-electron chi connectivity index (χ0n) is 10.4. The van der Waals surface area contributed by atoms with Crippen LogP contribution in [0.25, 0.3) is 0 Å². The lowest BCUT2D eigenvalue weighted by Crippen LogP contribution is -2.34. The average Bonchev–Trinajstić information content (AvgIpc) is 2.61. The molecule has 5 nitrogen and oxygen atoms in total. The number of urea groups is 1. The molecule has 0 spiro atoms. The second-order valence-electron chi connectivity index (χ2n) is 4.37. The van der Waals surface area contributed by atoms with E-state index in [0.29, 0.717) is 6.54 Å². The van der Waals surface area contributed by atoms with Crippen molar-refractivity contribution in [2.24, 2.45) is 5.29 Å². The summed E-state index contributed by atoms with van der Waals surface area (Å²) in [5.41, 5.74) is 1.26. The Balaban J connectivity index is 2.43. The normalized spacial score (nSPS) is 15.9. The third kappa shape index (κ3) is 4.97. The van der Waals surface area contributed by atoms with E-state index in [2.05, 4.69) is 10.6 Å². The summed E-state index contributed by atoms with van der Waals surface area (Å²) in [4.78, 5) is 22.0. The molecule has 0 aromatic carbocycles. The van der Waals surface area contributed by atoms with Crippen molar-refractivity contribution < 1.29 is 4.79 Å². The number of nitroso groups, excluding NO2 is 1. The van der Waals surface area contributed by atoms with Crippen LogP contribution in [0.4, 0.5) is 4.79 Å². The van der Waals surface area contributed by atoms with E-state index in [1.54, 1.807) is 6.20 Å². The van der Waals surface area contributed by atoms with E-state index in [0.717, 1.165) is 24.3 Å². The van der Waals surface area contributed by atoms with Crippen molar-refractivity contribution in [3.8, 4) is 0 Å².